The van der Waals surface area contributed by atoms with Crippen LogP contribution in [0.3, 0.4) is 0 Å². The molecule has 1 saturated carbocycles. The van der Waals surface area contributed by atoms with Gasteiger partial charge in [0.2, 0.25) is 5.91 Å². The van der Waals surface area contributed by atoms with E-state index in [4.69, 9.17) is 5.73 Å². The first kappa shape index (κ1) is 16.5. The van der Waals surface area contributed by atoms with Crippen molar-refractivity contribution in [2.24, 2.45) is 11.7 Å². The van der Waals surface area contributed by atoms with Gasteiger partial charge in [0, 0.05) is 24.5 Å². The fraction of sp³-hybridized carbons (Fsp3) is 0.938. The number of carbonyl (C=O) groups is 1. The lowest BCUT2D eigenvalue weighted by Gasteiger charge is -2.37. The molecule has 1 fully saturated rings. The van der Waals surface area contributed by atoms with Gasteiger partial charge in [-0.1, -0.05) is 26.7 Å². The van der Waals surface area contributed by atoms with Gasteiger partial charge in [0.25, 0.3) is 0 Å². The van der Waals surface area contributed by atoms with Gasteiger partial charge in [-0.3, -0.25) is 4.79 Å². The van der Waals surface area contributed by atoms with E-state index in [-0.39, 0.29) is 5.92 Å². The maximum atomic E-state index is 12.7. The van der Waals surface area contributed by atoms with Gasteiger partial charge >= 0.3 is 0 Å². The minimum absolute atomic E-state index is 0.232. The van der Waals surface area contributed by atoms with Gasteiger partial charge in [-0.15, -0.1) is 0 Å². The van der Waals surface area contributed by atoms with E-state index in [1.807, 2.05) is 0 Å². The Kier molecular flexibility index (Phi) is 7.44. The summed E-state index contributed by atoms with van der Waals surface area (Å²) in [5.74, 6) is 0.620. The van der Waals surface area contributed by atoms with Crippen molar-refractivity contribution >= 4 is 5.91 Å². The number of nitrogens with zero attached hydrogens (tertiary/aromatic N) is 1. The van der Waals surface area contributed by atoms with Crippen LogP contribution in [0.2, 0.25) is 0 Å². The summed E-state index contributed by atoms with van der Waals surface area (Å²) in [6.07, 6.45) is 8.68. The third-order valence-electron chi connectivity index (χ3n) is 4.55. The fourth-order valence-electron chi connectivity index (χ4n) is 3.19. The van der Waals surface area contributed by atoms with Crippen LogP contribution in [0.1, 0.15) is 72.1 Å². The van der Waals surface area contributed by atoms with E-state index < -0.39 is 0 Å². The molecule has 1 unspecified atom stereocenters. The van der Waals surface area contributed by atoms with E-state index in [9.17, 15) is 4.79 Å². The molecule has 1 amide bonds. The molecular formula is C16H32N2O. The summed E-state index contributed by atoms with van der Waals surface area (Å²) >= 11 is 0. The zero-order valence-electron chi connectivity index (χ0n) is 13.0. The Bertz CT molecular complexity index is 259. The lowest BCUT2D eigenvalue weighted by Crippen LogP contribution is -2.46. The molecule has 0 spiro atoms. The summed E-state index contributed by atoms with van der Waals surface area (Å²) in [6, 6.07) is 0.792. The van der Waals surface area contributed by atoms with E-state index in [2.05, 4.69) is 25.7 Å². The minimum Gasteiger partial charge on any atom is -0.340 e. The monoisotopic (exact) mass is 268 g/mol. The largest absolute Gasteiger partial charge is 0.340 e. The van der Waals surface area contributed by atoms with Crippen LogP contribution >= 0.6 is 0 Å². The number of nitrogens with two attached hydrogens (primary N) is 1. The summed E-state index contributed by atoms with van der Waals surface area (Å²) in [4.78, 5) is 14.8. The second-order valence-corrected chi connectivity index (χ2v) is 5.94. The highest BCUT2D eigenvalue weighted by Crippen LogP contribution is 2.25. The average molecular weight is 268 g/mol. The number of carbonyl (C=O) groups excluding carboxylic acids is 1. The molecule has 0 aromatic heterocycles. The molecule has 0 heterocycles. The zero-order chi connectivity index (χ0) is 14.3. The maximum Gasteiger partial charge on any atom is 0.225 e. The van der Waals surface area contributed by atoms with Crippen molar-refractivity contribution in [3.8, 4) is 0 Å². The highest BCUT2D eigenvalue weighted by atomic mass is 16.2. The molecule has 0 radical (unpaired) electrons. The van der Waals surface area contributed by atoms with Gasteiger partial charge < -0.3 is 10.6 Å². The Morgan fingerprint density at radius 3 is 2.32 bits per heavy atom. The summed E-state index contributed by atoms with van der Waals surface area (Å²) in [5, 5.41) is 0. The minimum atomic E-state index is 0.232. The predicted octanol–water partition coefficient (Wildman–Crippen LogP) is 3.32. The molecule has 1 atom stereocenters. The lowest BCUT2D eigenvalue weighted by atomic mass is 9.89. The van der Waals surface area contributed by atoms with Crippen LogP contribution in [0.15, 0.2) is 0 Å². The predicted molar refractivity (Wildman–Crippen MR) is 80.9 cm³/mol. The Labute approximate surface area is 118 Å². The molecule has 3 heteroatoms. The van der Waals surface area contributed by atoms with E-state index >= 15 is 0 Å². The van der Waals surface area contributed by atoms with Crippen LogP contribution in [0.5, 0.6) is 0 Å². The van der Waals surface area contributed by atoms with E-state index in [1.54, 1.807) is 0 Å². The van der Waals surface area contributed by atoms with Crippen LogP contribution in [0.25, 0.3) is 0 Å². The fourth-order valence-corrected chi connectivity index (χ4v) is 3.19. The second kappa shape index (κ2) is 8.57. The highest BCUT2D eigenvalue weighted by molar-refractivity contribution is 5.79. The third-order valence-corrected chi connectivity index (χ3v) is 4.55. The van der Waals surface area contributed by atoms with Gasteiger partial charge in [0.1, 0.15) is 0 Å². The van der Waals surface area contributed by atoms with Crippen LogP contribution in [0, 0.1) is 5.92 Å². The summed E-state index contributed by atoms with van der Waals surface area (Å²) in [6.45, 7) is 7.29. The Morgan fingerprint density at radius 2 is 1.84 bits per heavy atom. The van der Waals surface area contributed by atoms with Crippen molar-refractivity contribution in [1.29, 1.82) is 0 Å². The molecular weight excluding hydrogens is 236 g/mol. The SMILES string of the molecule is CCCCC(CC)C(=O)N(CC)C1CCC(N)CC1. The molecule has 1 rings (SSSR count). The number of unbranched alkanes of at least 4 members (excludes halogenated alkanes) is 1. The molecule has 1 aliphatic carbocycles. The Morgan fingerprint density at radius 1 is 1.21 bits per heavy atom. The van der Waals surface area contributed by atoms with Crippen molar-refractivity contribution in [3.63, 3.8) is 0 Å². The molecule has 112 valence electrons. The van der Waals surface area contributed by atoms with Crippen LogP contribution < -0.4 is 5.73 Å². The van der Waals surface area contributed by atoms with Gasteiger partial charge in [0.05, 0.1) is 0 Å². The quantitative estimate of drug-likeness (QED) is 0.770. The molecule has 0 aliphatic heterocycles. The number of hydrogen-bond donors (Lipinski definition) is 1. The van der Waals surface area contributed by atoms with Crippen molar-refractivity contribution in [3.05, 3.63) is 0 Å². The standard InChI is InChI=1S/C16H32N2O/c1-4-7-8-13(5-2)16(19)18(6-3)15-11-9-14(17)10-12-15/h13-15H,4-12,17H2,1-3H3. The van der Waals surface area contributed by atoms with Crippen molar-refractivity contribution < 1.29 is 4.79 Å². The van der Waals surface area contributed by atoms with Crippen LogP contribution in [0.4, 0.5) is 0 Å². The van der Waals surface area contributed by atoms with Gasteiger partial charge in [0.15, 0.2) is 0 Å². The number of hydrogen-bond acceptors (Lipinski definition) is 2. The number of rotatable bonds is 7. The first-order valence-electron chi connectivity index (χ1n) is 8.19. The molecule has 1 aliphatic rings. The third kappa shape index (κ3) is 4.79. The summed E-state index contributed by atoms with van der Waals surface area (Å²) < 4.78 is 0. The van der Waals surface area contributed by atoms with Crippen LogP contribution in [-0.2, 0) is 4.79 Å². The van der Waals surface area contributed by atoms with Crippen molar-refractivity contribution in [2.75, 3.05) is 6.54 Å². The van der Waals surface area contributed by atoms with Gasteiger partial charge in [-0.25, -0.2) is 0 Å². The molecule has 3 nitrogen and oxygen atoms in total. The average Bonchev–Trinajstić information content (AvgIpc) is 2.42. The Balaban J connectivity index is 2.58. The molecule has 2 N–H and O–H groups in total. The summed E-state index contributed by atoms with van der Waals surface area (Å²) in [5.41, 5.74) is 5.96. The van der Waals surface area contributed by atoms with Crippen molar-refractivity contribution in [1.82, 2.24) is 4.90 Å². The molecule has 19 heavy (non-hydrogen) atoms. The normalized spacial score (nSPS) is 25.1. The summed E-state index contributed by atoms with van der Waals surface area (Å²) in [7, 11) is 0. The molecule has 0 aromatic rings. The zero-order valence-corrected chi connectivity index (χ0v) is 13.0. The van der Waals surface area contributed by atoms with Gasteiger partial charge in [-0.2, -0.15) is 0 Å². The smallest absolute Gasteiger partial charge is 0.225 e. The second-order valence-electron chi connectivity index (χ2n) is 5.94. The van der Waals surface area contributed by atoms with Gasteiger partial charge in [-0.05, 0) is 45.4 Å². The molecule has 0 aromatic carbocycles. The van der Waals surface area contributed by atoms with E-state index in [0.717, 1.165) is 51.5 Å². The molecule has 0 bridgehead atoms. The Hall–Kier alpha value is -0.570. The topological polar surface area (TPSA) is 46.3 Å². The number of amides is 1. The first-order valence-corrected chi connectivity index (χ1v) is 8.19. The first-order chi connectivity index (χ1) is 9.13. The lowest BCUT2D eigenvalue weighted by molar-refractivity contribution is -0.138. The van der Waals surface area contributed by atoms with Crippen LogP contribution in [-0.4, -0.2) is 29.4 Å². The highest BCUT2D eigenvalue weighted by Gasteiger charge is 2.29. The van der Waals surface area contributed by atoms with E-state index in [0.29, 0.717) is 18.0 Å². The van der Waals surface area contributed by atoms with Crippen molar-refractivity contribution in [2.45, 2.75) is 84.2 Å². The van der Waals surface area contributed by atoms with E-state index in [1.165, 1.54) is 6.42 Å². The molecule has 0 saturated heterocycles. The maximum absolute atomic E-state index is 12.7.